The molecule has 0 amide bonds. The first-order chi connectivity index (χ1) is 6.07. The molecule has 0 aliphatic rings. The van der Waals surface area contributed by atoms with Crippen LogP contribution in [-0.2, 0) is 18.4 Å². The predicted molar refractivity (Wildman–Crippen MR) is 52.9 cm³/mol. The number of halogens is 1. The lowest BCUT2D eigenvalue weighted by Crippen LogP contribution is -2.28. The summed E-state index contributed by atoms with van der Waals surface area (Å²) in [4.78, 5) is 0. The molecule has 0 aromatic carbocycles. The summed E-state index contributed by atoms with van der Waals surface area (Å²) in [5.74, 6) is 0. The predicted octanol–water partition coefficient (Wildman–Crippen LogP) is 1.05. The van der Waals surface area contributed by atoms with Crippen molar-refractivity contribution in [3.8, 4) is 0 Å². The summed E-state index contributed by atoms with van der Waals surface area (Å²) >= 11 is 4.62. The van der Waals surface area contributed by atoms with Gasteiger partial charge in [0.2, 0.25) is 0 Å². The highest BCUT2D eigenvalue weighted by molar-refractivity contribution is 7.89. The number of rotatable bonds is 3. The van der Waals surface area contributed by atoms with E-state index < -0.39 is 11.4 Å². The molecule has 1 atom stereocenters. The molecule has 1 rings (SSSR count). The molecule has 74 valence electrons. The van der Waals surface area contributed by atoms with Crippen molar-refractivity contribution < 1.29 is 4.55 Å². The average molecular weight is 222 g/mol. The second-order valence-corrected chi connectivity index (χ2v) is 4.53. The molecule has 0 aliphatic carbocycles. The van der Waals surface area contributed by atoms with E-state index in [-0.39, 0.29) is 0 Å². The zero-order valence-corrected chi connectivity index (χ0v) is 9.39. The van der Waals surface area contributed by atoms with E-state index in [9.17, 15) is 4.55 Å². The minimum absolute atomic E-state index is 0.445. The second kappa shape index (κ2) is 4.32. The molecule has 1 aromatic heterocycles. The molecule has 13 heavy (non-hydrogen) atoms. The first kappa shape index (κ1) is 10.8. The van der Waals surface area contributed by atoms with E-state index in [2.05, 4.69) is 5.10 Å². The van der Waals surface area contributed by atoms with E-state index in [0.717, 1.165) is 0 Å². The summed E-state index contributed by atoms with van der Waals surface area (Å²) < 4.78 is 15.0. The Balaban J connectivity index is 2.93. The van der Waals surface area contributed by atoms with Gasteiger partial charge in [0.05, 0.1) is 6.20 Å². The van der Waals surface area contributed by atoms with Crippen molar-refractivity contribution in [3.05, 3.63) is 11.2 Å². The fourth-order valence-corrected chi connectivity index (χ4v) is 2.25. The van der Waals surface area contributed by atoms with Crippen molar-refractivity contribution >= 4 is 23.0 Å². The molecule has 0 saturated heterocycles. The fraction of sp³-hybridized carbons (Fsp3) is 0.571. The molecule has 6 heteroatoms. The van der Waals surface area contributed by atoms with Crippen LogP contribution in [0.25, 0.3) is 0 Å². The number of aryl methyl sites for hydroxylation is 1. The third kappa shape index (κ3) is 2.17. The molecule has 1 heterocycles. The molecule has 0 fully saturated rings. The van der Waals surface area contributed by atoms with Gasteiger partial charge in [-0.3, -0.25) is 0 Å². The Morgan fingerprint density at radius 1 is 1.77 bits per heavy atom. The van der Waals surface area contributed by atoms with Crippen LogP contribution < -0.4 is 0 Å². The standard InChI is InChI=1S/C7H12ClN3OS/c1-4-10(2)13(12)7-6(8)5-9-11(7)3/h5H,4H2,1-3H3. The monoisotopic (exact) mass is 221 g/mol. The highest BCUT2D eigenvalue weighted by atomic mass is 35.5. The molecule has 0 radical (unpaired) electrons. The molecule has 0 aliphatic heterocycles. The van der Waals surface area contributed by atoms with E-state index in [1.54, 1.807) is 18.4 Å². The lowest BCUT2D eigenvalue weighted by Gasteiger charge is -2.17. The van der Waals surface area contributed by atoms with Gasteiger partial charge in [-0.05, 0) is 6.92 Å². The van der Waals surface area contributed by atoms with Crippen molar-refractivity contribution in [1.29, 1.82) is 0 Å². The van der Waals surface area contributed by atoms with Crippen molar-refractivity contribution in [2.45, 2.75) is 11.9 Å². The lowest BCUT2D eigenvalue weighted by molar-refractivity contribution is 0.475. The van der Waals surface area contributed by atoms with Gasteiger partial charge in [0.25, 0.3) is 5.03 Å². The van der Waals surface area contributed by atoms with Crippen LogP contribution in [0.1, 0.15) is 6.92 Å². The normalized spacial score (nSPS) is 13.7. The van der Waals surface area contributed by atoms with Gasteiger partial charge in [-0.15, -0.1) is 4.31 Å². The molecular formula is C7H12ClN3OS. The fourth-order valence-electron chi connectivity index (χ4n) is 0.861. The van der Waals surface area contributed by atoms with Crippen LogP contribution in [-0.4, -0.2) is 32.2 Å². The zero-order chi connectivity index (χ0) is 10.0. The average Bonchev–Trinajstić information content (AvgIpc) is 2.44. The van der Waals surface area contributed by atoms with E-state index in [1.165, 1.54) is 10.9 Å². The molecule has 1 aromatic rings. The Labute approximate surface area is 85.8 Å². The highest BCUT2D eigenvalue weighted by Crippen LogP contribution is 2.22. The van der Waals surface area contributed by atoms with Gasteiger partial charge in [-0.2, -0.15) is 5.10 Å². The SMILES string of the molecule is CCN(C)[S+]([O-])c1c(Cl)cnn1C. The first-order valence-electron chi connectivity index (χ1n) is 3.88. The summed E-state index contributed by atoms with van der Waals surface area (Å²) in [6.45, 7) is 2.64. The Kier molecular flexibility index (Phi) is 3.61. The summed E-state index contributed by atoms with van der Waals surface area (Å²) in [6.07, 6.45) is 1.50. The van der Waals surface area contributed by atoms with Gasteiger partial charge in [0.1, 0.15) is 16.4 Å². The maximum absolute atomic E-state index is 11.8. The van der Waals surface area contributed by atoms with Gasteiger partial charge in [-0.25, -0.2) is 4.68 Å². The Bertz CT molecular complexity index is 272. The summed E-state index contributed by atoms with van der Waals surface area (Å²) in [6, 6.07) is 0. The second-order valence-electron chi connectivity index (χ2n) is 2.61. The zero-order valence-electron chi connectivity index (χ0n) is 7.82. The summed E-state index contributed by atoms with van der Waals surface area (Å²) in [5, 5.41) is 4.91. The van der Waals surface area contributed by atoms with Crippen molar-refractivity contribution in [2.24, 2.45) is 7.05 Å². The van der Waals surface area contributed by atoms with Crippen LogP contribution in [0.4, 0.5) is 0 Å². The maximum atomic E-state index is 11.8. The van der Waals surface area contributed by atoms with Crippen molar-refractivity contribution in [1.82, 2.24) is 14.1 Å². The van der Waals surface area contributed by atoms with Crippen LogP contribution in [0.5, 0.6) is 0 Å². The number of hydrogen-bond donors (Lipinski definition) is 0. The lowest BCUT2D eigenvalue weighted by atomic mass is 10.7. The third-order valence-electron chi connectivity index (χ3n) is 1.74. The van der Waals surface area contributed by atoms with Crippen molar-refractivity contribution in [2.75, 3.05) is 13.6 Å². The largest absolute Gasteiger partial charge is 0.591 e. The molecule has 1 unspecified atom stereocenters. The van der Waals surface area contributed by atoms with E-state index in [0.29, 0.717) is 16.6 Å². The van der Waals surface area contributed by atoms with Gasteiger partial charge in [0.15, 0.2) is 0 Å². The highest BCUT2D eigenvalue weighted by Gasteiger charge is 2.24. The Hall–Kier alpha value is -0.230. The minimum atomic E-state index is -1.22. The van der Waals surface area contributed by atoms with Gasteiger partial charge >= 0.3 is 0 Å². The minimum Gasteiger partial charge on any atom is -0.591 e. The summed E-state index contributed by atoms with van der Waals surface area (Å²) in [5.41, 5.74) is 0. The molecule has 0 saturated carbocycles. The maximum Gasteiger partial charge on any atom is 0.283 e. The van der Waals surface area contributed by atoms with Gasteiger partial charge in [-0.1, -0.05) is 11.6 Å². The smallest absolute Gasteiger partial charge is 0.283 e. The van der Waals surface area contributed by atoms with Gasteiger partial charge < -0.3 is 4.55 Å². The molecule has 0 bridgehead atoms. The van der Waals surface area contributed by atoms with Crippen LogP contribution >= 0.6 is 11.6 Å². The van der Waals surface area contributed by atoms with E-state index >= 15 is 0 Å². The molecule has 0 N–H and O–H groups in total. The molecular weight excluding hydrogens is 210 g/mol. The molecule has 0 spiro atoms. The quantitative estimate of drug-likeness (QED) is 0.717. The number of aromatic nitrogens is 2. The summed E-state index contributed by atoms with van der Waals surface area (Å²) in [7, 11) is 3.50. The van der Waals surface area contributed by atoms with Crippen LogP contribution in [0.15, 0.2) is 11.2 Å². The third-order valence-corrected chi connectivity index (χ3v) is 3.76. The van der Waals surface area contributed by atoms with E-state index in [1.807, 2.05) is 6.92 Å². The van der Waals surface area contributed by atoms with Crippen LogP contribution in [0.3, 0.4) is 0 Å². The first-order valence-corrected chi connectivity index (χ1v) is 5.37. The van der Waals surface area contributed by atoms with Gasteiger partial charge in [0, 0.05) is 20.6 Å². The Morgan fingerprint density at radius 3 is 2.77 bits per heavy atom. The number of hydrogen-bond acceptors (Lipinski definition) is 3. The Morgan fingerprint density at radius 2 is 2.38 bits per heavy atom. The topological polar surface area (TPSA) is 44.1 Å². The van der Waals surface area contributed by atoms with Crippen LogP contribution in [0, 0.1) is 0 Å². The molecule has 4 nitrogen and oxygen atoms in total. The van der Waals surface area contributed by atoms with Crippen LogP contribution in [0.2, 0.25) is 5.02 Å². The number of nitrogens with zero attached hydrogens (tertiary/aromatic N) is 3. The van der Waals surface area contributed by atoms with Crippen molar-refractivity contribution in [3.63, 3.8) is 0 Å². The van der Waals surface area contributed by atoms with E-state index in [4.69, 9.17) is 11.6 Å².